The van der Waals surface area contributed by atoms with Gasteiger partial charge in [-0.3, -0.25) is 9.59 Å². The first-order valence-electron chi connectivity index (χ1n) is 8.36. The molecule has 0 aliphatic heterocycles. The smallest absolute Gasteiger partial charge is 0.316 e. The fraction of sp³-hybridized carbons (Fsp3) is 0.333. The van der Waals surface area contributed by atoms with Crippen LogP contribution in [-0.2, 0) is 19.7 Å². The van der Waals surface area contributed by atoms with E-state index in [2.05, 4.69) is 5.32 Å². The summed E-state index contributed by atoms with van der Waals surface area (Å²) < 4.78 is 5.42. The van der Waals surface area contributed by atoms with Crippen LogP contribution >= 0.6 is 0 Å². The van der Waals surface area contributed by atoms with E-state index in [1.54, 1.807) is 20.8 Å². The fourth-order valence-corrected chi connectivity index (χ4v) is 2.52. The number of amides is 1. The molecule has 2 aromatic rings. The van der Waals surface area contributed by atoms with Crippen LogP contribution in [0.3, 0.4) is 0 Å². The van der Waals surface area contributed by atoms with Gasteiger partial charge in [0.2, 0.25) is 0 Å². The average Bonchev–Trinajstić information content (AvgIpc) is 2.57. The van der Waals surface area contributed by atoms with E-state index in [0.717, 1.165) is 22.4 Å². The molecule has 0 spiro atoms. The van der Waals surface area contributed by atoms with Crippen molar-refractivity contribution in [1.82, 2.24) is 0 Å². The SMILES string of the molecule is Cc1ccc(NC(=O)[C@@H](C)OC(=O)C(C)(C)c2ccccc2)c(C)c1. The topological polar surface area (TPSA) is 55.4 Å². The van der Waals surface area contributed by atoms with Gasteiger partial charge in [0.1, 0.15) is 0 Å². The van der Waals surface area contributed by atoms with Gasteiger partial charge in [0, 0.05) is 5.69 Å². The number of carbonyl (C=O) groups excluding carboxylic acids is 2. The highest BCUT2D eigenvalue weighted by Gasteiger charge is 2.33. The van der Waals surface area contributed by atoms with Crippen molar-refractivity contribution in [2.45, 2.75) is 46.1 Å². The van der Waals surface area contributed by atoms with E-state index in [-0.39, 0.29) is 5.91 Å². The van der Waals surface area contributed by atoms with Gasteiger partial charge in [-0.15, -0.1) is 0 Å². The lowest BCUT2D eigenvalue weighted by molar-refractivity contribution is -0.158. The van der Waals surface area contributed by atoms with Gasteiger partial charge in [-0.25, -0.2) is 0 Å². The van der Waals surface area contributed by atoms with Crippen LogP contribution in [0.4, 0.5) is 5.69 Å². The van der Waals surface area contributed by atoms with E-state index >= 15 is 0 Å². The number of ether oxygens (including phenoxy) is 1. The highest BCUT2D eigenvalue weighted by Crippen LogP contribution is 2.25. The van der Waals surface area contributed by atoms with Crippen LogP contribution in [0.2, 0.25) is 0 Å². The number of hydrogen-bond acceptors (Lipinski definition) is 3. The van der Waals surface area contributed by atoms with Crippen LogP contribution in [0.5, 0.6) is 0 Å². The van der Waals surface area contributed by atoms with E-state index < -0.39 is 17.5 Å². The lowest BCUT2D eigenvalue weighted by Crippen LogP contribution is -2.37. The Hall–Kier alpha value is -2.62. The summed E-state index contributed by atoms with van der Waals surface area (Å²) in [5, 5.41) is 2.82. The van der Waals surface area contributed by atoms with Crippen molar-refractivity contribution >= 4 is 17.6 Å². The van der Waals surface area contributed by atoms with Gasteiger partial charge < -0.3 is 10.1 Å². The summed E-state index contributed by atoms with van der Waals surface area (Å²) in [7, 11) is 0. The third-order valence-corrected chi connectivity index (χ3v) is 4.30. The molecule has 1 N–H and O–H groups in total. The number of carbonyl (C=O) groups is 2. The average molecular weight is 339 g/mol. The summed E-state index contributed by atoms with van der Waals surface area (Å²) in [5.41, 5.74) is 2.84. The minimum absolute atomic E-state index is 0.343. The molecule has 4 heteroatoms. The largest absolute Gasteiger partial charge is 0.452 e. The number of anilines is 1. The van der Waals surface area contributed by atoms with Crippen LogP contribution in [0.1, 0.15) is 37.5 Å². The minimum atomic E-state index is -0.879. The number of rotatable bonds is 5. The van der Waals surface area contributed by atoms with Crippen LogP contribution in [0, 0.1) is 13.8 Å². The molecule has 0 bridgehead atoms. The van der Waals surface area contributed by atoms with E-state index in [0.29, 0.717) is 0 Å². The molecule has 0 radical (unpaired) electrons. The maximum atomic E-state index is 12.5. The third kappa shape index (κ3) is 4.47. The maximum Gasteiger partial charge on any atom is 0.316 e. The normalized spacial score (nSPS) is 12.4. The Labute approximate surface area is 149 Å². The van der Waals surface area contributed by atoms with Gasteiger partial charge in [0.15, 0.2) is 6.10 Å². The van der Waals surface area contributed by atoms with Crippen molar-refractivity contribution in [3.63, 3.8) is 0 Å². The molecule has 25 heavy (non-hydrogen) atoms. The molecule has 1 atom stereocenters. The Morgan fingerprint density at radius 2 is 1.68 bits per heavy atom. The number of benzene rings is 2. The van der Waals surface area contributed by atoms with E-state index in [1.165, 1.54) is 0 Å². The zero-order chi connectivity index (χ0) is 18.6. The predicted molar refractivity (Wildman–Crippen MR) is 99.6 cm³/mol. The first kappa shape index (κ1) is 18.7. The third-order valence-electron chi connectivity index (χ3n) is 4.30. The molecule has 0 unspecified atom stereocenters. The molecule has 2 rings (SSSR count). The van der Waals surface area contributed by atoms with Gasteiger partial charge >= 0.3 is 5.97 Å². The molecule has 0 fully saturated rings. The molecule has 0 saturated heterocycles. The van der Waals surface area contributed by atoms with Gasteiger partial charge in [0.05, 0.1) is 5.41 Å². The monoisotopic (exact) mass is 339 g/mol. The van der Waals surface area contributed by atoms with Crippen LogP contribution < -0.4 is 5.32 Å². The van der Waals surface area contributed by atoms with Crippen molar-refractivity contribution in [1.29, 1.82) is 0 Å². The van der Waals surface area contributed by atoms with E-state index in [1.807, 2.05) is 62.4 Å². The molecule has 0 aromatic heterocycles. The second kappa shape index (κ2) is 7.51. The van der Waals surface area contributed by atoms with Crippen LogP contribution in [0.25, 0.3) is 0 Å². The van der Waals surface area contributed by atoms with Crippen LogP contribution in [-0.4, -0.2) is 18.0 Å². The minimum Gasteiger partial charge on any atom is -0.452 e. The summed E-state index contributed by atoms with van der Waals surface area (Å²) >= 11 is 0. The quantitative estimate of drug-likeness (QED) is 0.833. The van der Waals surface area contributed by atoms with E-state index in [9.17, 15) is 9.59 Å². The number of aryl methyl sites for hydroxylation is 2. The van der Waals surface area contributed by atoms with Crippen LogP contribution in [0.15, 0.2) is 48.5 Å². The fourth-order valence-electron chi connectivity index (χ4n) is 2.52. The Balaban J connectivity index is 2.04. The predicted octanol–water partition coefficient (Wildman–Crippen LogP) is 4.15. The Bertz CT molecular complexity index is 766. The number of esters is 1. The van der Waals surface area contributed by atoms with Gasteiger partial charge in [-0.2, -0.15) is 0 Å². The van der Waals surface area contributed by atoms with Crippen molar-refractivity contribution in [3.8, 4) is 0 Å². The van der Waals surface area contributed by atoms with Crippen molar-refractivity contribution in [2.75, 3.05) is 5.32 Å². The molecule has 0 aliphatic rings. The zero-order valence-corrected chi connectivity index (χ0v) is 15.4. The maximum absolute atomic E-state index is 12.5. The molecule has 0 aliphatic carbocycles. The lowest BCUT2D eigenvalue weighted by Gasteiger charge is -2.25. The summed E-state index contributed by atoms with van der Waals surface area (Å²) in [6, 6.07) is 15.2. The first-order chi connectivity index (χ1) is 11.7. The summed E-state index contributed by atoms with van der Waals surface area (Å²) in [6.45, 7) is 9.09. The highest BCUT2D eigenvalue weighted by atomic mass is 16.5. The van der Waals surface area contributed by atoms with Gasteiger partial charge in [0.25, 0.3) is 5.91 Å². The second-order valence-corrected chi connectivity index (χ2v) is 6.85. The Morgan fingerprint density at radius 1 is 1.04 bits per heavy atom. The van der Waals surface area contributed by atoms with E-state index in [4.69, 9.17) is 4.74 Å². The van der Waals surface area contributed by atoms with Crippen molar-refractivity contribution in [2.24, 2.45) is 0 Å². The van der Waals surface area contributed by atoms with Gasteiger partial charge in [-0.05, 0) is 51.8 Å². The summed E-state index contributed by atoms with van der Waals surface area (Å²) in [6.07, 6.45) is -0.879. The molecule has 0 heterocycles. The zero-order valence-electron chi connectivity index (χ0n) is 15.4. The van der Waals surface area contributed by atoms with Crippen molar-refractivity contribution in [3.05, 3.63) is 65.2 Å². The first-order valence-corrected chi connectivity index (χ1v) is 8.36. The summed E-state index contributed by atoms with van der Waals surface area (Å²) in [4.78, 5) is 24.9. The lowest BCUT2D eigenvalue weighted by atomic mass is 9.85. The van der Waals surface area contributed by atoms with Gasteiger partial charge in [-0.1, -0.05) is 48.0 Å². The molecule has 0 saturated carbocycles. The molecule has 1 amide bonds. The molecule has 132 valence electrons. The number of hydrogen-bond donors (Lipinski definition) is 1. The molecule has 4 nitrogen and oxygen atoms in total. The van der Waals surface area contributed by atoms with Crippen molar-refractivity contribution < 1.29 is 14.3 Å². The molecular weight excluding hydrogens is 314 g/mol. The Morgan fingerprint density at radius 3 is 2.28 bits per heavy atom. The standard InChI is InChI=1S/C21H25NO3/c1-14-11-12-18(15(2)13-14)22-19(23)16(3)25-20(24)21(4,5)17-9-7-6-8-10-17/h6-13,16H,1-5H3,(H,22,23)/t16-/m1/s1. The summed E-state index contributed by atoms with van der Waals surface area (Å²) in [5.74, 6) is -0.772. The molecular formula is C21H25NO3. The second-order valence-electron chi connectivity index (χ2n) is 6.85. The molecule has 2 aromatic carbocycles. The Kier molecular flexibility index (Phi) is 5.62. The highest BCUT2D eigenvalue weighted by molar-refractivity contribution is 5.96. The number of nitrogens with one attached hydrogen (secondary N) is 1.